The molecule has 0 saturated heterocycles. The van der Waals surface area contributed by atoms with Gasteiger partial charge in [-0.25, -0.2) is 4.79 Å². The molecule has 2 unspecified atom stereocenters. The summed E-state index contributed by atoms with van der Waals surface area (Å²) in [6, 6.07) is 15.5. The van der Waals surface area contributed by atoms with Crippen molar-refractivity contribution in [1.29, 1.82) is 5.26 Å². The number of hydrogen-bond acceptors (Lipinski definition) is 6. The Morgan fingerprint density at radius 3 is 2.55 bits per heavy atom. The molecule has 0 radical (unpaired) electrons. The Morgan fingerprint density at radius 2 is 1.90 bits per heavy atom. The number of para-hydroxylation sites is 2. The summed E-state index contributed by atoms with van der Waals surface area (Å²) in [5.74, 6) is -1.40. The van der Waals surface area contributed by atoms with Crippen LogP contribution in [0.1, 0.15) is 31.9 Å². The number of rotatable bonds is 6. The summed E-state index contributed by atoms with van der Waals surface area (Å²) >= 11 is 0. The van der Waals surface area contributed by atoms with E-state index in [2.05, 4.69) is 11.4 Å². The molecular formula is C22H23N3O4. The fourth-order valence-electron chi connectivity index (χ4n) is 3.70. The normalized spacial score (nSPS) is 18.9. The van der Waals surface area contributed by atoms with Gasteiger partial charge in [0, 0.05) is 11.6 Å². The lowest BCUT2D eigenvalue weighted by Gasteiger charge is -2.34. The number of nitriles is 1. The van der Waals surface area contributed by atoms with Gasteiger partial charge in [0.05, 0.1) is 23.5 Å². The minimum atomic E-state index is -1.82. The third-order valence-electron chi connectivity index (χ3n) is 4.96. The van der Waals surface area contributed by atoms with Gasteiger partial charge in [0.15, 0.2) is 11.6 Å². The van der Waals surface area contributed by atoms with Gasteiger partial charge in [-0.05, 0) is 39.0 Å². The predicted octanol–water partition coefficient (Wildman–Crippen LogP) is 2.54. The van der Waals surface area contributed by atoms with Gasteiger partial charge in [-0.1, -0.05) is 30.3 Å². The Bertz CT molecular complexity index is 982. The van der Waals surface area contributed by atoms with Crippen LogP contribution in [0.4, 0.5) is 11.4 Å². The number of fused-ring (bicyclic) bond motifs is 1. The molecule has 0 bridgehead atoms. The van der Waals surface area contributed by atoms with Crippen LogP contribution in [-0.2, 0) is 19.9 Å². The highest BCUT2D eigenvalue weighted by Crippen LogP contribution is 2.46. The quantitative estimate of drug-likeness (QED) is 0.731. The number of esters is 1. The summed E-state index contributed by atoms with van der Waals surface area (Å²) in [5.41, 5.74) is -0.145. The van der Waals surface area contributed by atoms with Gasteiger partial charge in [-0.3, -0.25) is 4.79 Å². The molecule has 0 aliphatic carbocycles. The minimum Gasteiger partial charge on any atom is -0.464 e. The van der Waals surface area contributed by atoms with E-state index in [1.54, 1.807) is 60.4 Å². The fraction of sp³-hybridized carbons (Fsp3) is 0.318. The lowest BCUT2D eigenvalue weighted by Crippen LogP contribution is -2.58. The van der Waals surface area contributed by atoms with E-state index >= 15 is 0 Å². The monoisotopic (exact) mass is 393 g/mol. The van der Waals surface area contributed by atoms with Gasteiger partial charge in [-0.2, -0.15) is 5.26 Å². The maximum Gasteiger partial charge on any atom is 0.338 e. The molecule has 2 N–H and O–H groups in total. The van der Waals surface area contributed by atoms with Crippen molar-refractivity contribution in [3.8, 4) is 6.07 Å². The highest BCUT2D eigenvalue weighted by atomic mass is 16.5. The number of anilines is 2. The van der Waals surface area contributed by atoms with Crippen LogP contribution in [0.25, 0.3) is 0 Å². The van der Waals surface area contributed by atoms with Gasteiger partial charge in [0.1, 0.15) is 6.07 Å². The molecular weight excluding hydrogens is 370 g/mol. The number of nitrogens with zero attached hydrogens (tertiary/aromatic N) is 2. The van der Waals surface area contributed by atoms with E-state index in [1.165, 1.54) is 0 Å². The van der Waals surface area contributed by atoms with Crippen molar-refractivity contribution in [2.24, 2.45) is 0 Å². The van der Waals surface area contributed by atoms with Crippen molar-refractivity contribution < 1.29 is 19.4 Å². The van der Waals surface area contributed by atoms with Crippen LogP contribution in [0.2, 0.25) is 0 Å². The van der Waals surface area contributed by atoms with Gasteiger partial charge in [0.25, 0.3) is 5.91 Å². The summed E-state index contributed by atoms with van der Waals surface area (Å²) in [4.78, 5) is 27.8. The molecule has 2 aromatic rings. The second-order valence-corrected chi connectivity index (χ2v) is 7.03. The van der Waals surface area contributed by atoms with Crippen molar-refractivity contribution in [2.45, 2.75) is 38.5 Å². The predicted molar refractivity (Wildman–Crippen MR) is 108 cm³/mol. The number of benzene rings is 2. The van der Waals surface area contributed by atoms with Crippen LogP contribution in [-0.4, -0.2) is 35.7 Å². The van der Waals surface area contributed by atoms with Crippen molar-refractivity contribution in [3.05, 3.63) is 59.7 Å². The topological polar surface area (TPSA) is 103 Å². The van der Waals surface area contributed by atoms with Crippen molar-refractivity contribution in [3.63, 3.8) is 0 Å². The maximum absolute atomic E-state index is 13.7. The summed E-state index contributed by atoms with van der Waals surface area (Å²) in [7, 11) is 0. The van der Waals surface area contributed by atoms with E-state index in [1.807, 2.05) is 13.8 Å². The molecule has 1 aliphatic heterocycles. The molecule has 3 rings (SSSR count). The van der Waals surface area contributed by atoms with Crippen molar-refractivity contribution in [2.75, 3.05) is 16.8 Å². The van der Waals surface area contributed by atoms with Gasteiger partial charge < -0.3 is 20.1 Å². The maximum atomic E-state index is 13.7. The number of amides is 1. The largest absolute Gasteiger partial charge is 0.464 e. The third kappa shape index (κ3) is 3.22. The number of nitrogens with one attached hydrogen (secondary N) is 1. The van der Waals surface area contributed by atoms with E-state index < -0.39 is 23.5 Å². The lowest BCUT2D eigenvalue weighted by atomic mass is 9.84. The van der Waals surface area contributed by atoms with Crippen molar-refractivity contribution >= 4 is 23.3 Å². The van der Waals surface area contributed by atoms with Gasteiger partial charge in [0.2, 0.25) is 0 Å². The zero-order valence-electron chi connectivity index (χ0n) is 16.5. The molecule has 2 atom stereocenters. The molecule has 0 saturated carbocycles. The molecule has 0 spiro atoms. The minimum absolute atomic E-state index is 0.0600. The fourth-order valence-corrected chi connectivity index (χ4v) is 3.70. The first-order valence-electron chi connectivity index (χ1n) is 9.43. The molecule has 1 aliphatic rings. The van der Waals surface area contributed by atoms with Crippen LogP contribution in [0.15, 0.2) is 48.5 Å². The van der Waals surface area contributed by atoms with E-state index in [0.717, 1.165) is 0 Å². The van der Waals surface area contributed by atoms with Crippen LogP contribution in [0.3, 0.4) is 0 Å². The molecule has 1 heterocycles. The second kappa shape index (κ2) is 7.94. The first-order chi connectivity index (χ1) is 13.9. The highest BCUT2D eigenvalue weighted by Gasteiger charge is 2.59. The first-order valence-corrected chi connectivity index (χ1v) is 9.43. The Balaban J connectivity index is 2.25. The summed E-state index contributed by atoms with van der Waals surface area (Å²) in [6.07, 6.45) is -1.81. The van der Waals surface area contributed by atoms with Crippen LogP contribution >= 0.6 is 0 Å². The summed E-state index contributed by atoms with van der Waals surface area (Å²) < 4.78 is 5.03. The zero-order chi connectivity index (χ0) is 21.2. The number of hydrogen-bond donors (Lipinski definition) is 2. The second-order valence-electron chi connectivity index (χ2n) is 7.03. The molecule has 0 aromatic heterocycles. The number of carbonyl (C=O) groups is 2. The molecule has 2 aromatic carbocycles. The van der Waals surface area contributed by atoms with Crippen LogP contribution < -0.4 is 10.2 Å². The first kappa shape index (κ1) is 20.4. The SMILES string of the molecule is CCOC(=O)C(O)C1(Nc2ccccc2C#N)C(=O)N(C(C)C)c2ccccc21. The number of ether oxygens (including phenoxy) is 1. The third-order valence-corrected chi connectivity index (χ3v) is 4.96. The molecule has 7 heteroatoms. The van der Waals surface area contributed by atoms with E-state index in [9.17, 15) is 20.0 Å². The average Bonchev–Trinajstić information content (AvgIpc) is 2.97. The Hall–Kier alpha value is -3.37. The van der Waals surface area contributed by atoms with Crippen LogP contribution in [0, 0.1) is 11.3 Å². The van der Waals surface area contributed by atoms with Gasteiger partial charge in [-0.15, -0.1) is 0 Å². The summed E-state index contributed by atoms with van der Waals surface area (Å²) in [5, 5.41) is 23.6. The Kier molecular flexibility index (Phi) is 5.57. The van der Waals surface area contributed by atoms with Crippen molar-refractivity contribution in [1.82, 2.24) is 0 Å². The molecule has 0 fully saturated rings. The smallest absolute Gasteiger partial charge is 0.338 e. The molecule has 150 valence electrons. The van der Waals surface area contributed by atoms with Crippen LogP contribution in [0.5, 0.6) is 0 Å². The number of aliphatic hydroxyl groups is 1. The standard InChI is InChI=1S/C22H23N3O4/c1-4-29-20(27)19(26)22(24-17-11-7-5-9-15(17)13-23)16-10-6-8-12-18(16)25(14(2)3)21(22)28/h5-12,14,19,24,26H,4H2,1-3H3. The highest BCUT2D eigenvalue weighted by molar-refractivity contribution is 6.12. The molecule has 29 heavy (non-hydrogen) atoms. The molecule has 7 nitrogen and oxygen atoms in total. The zero-order valence-corrected chi connectivity index (χ0v) is 16.5. The number of carbonyl (C=O) groups excluding carboxylic acids is 2. The number of aliphatic hydroxyl groups excluding tert-OH is 1. The lowest BCUT2D eigenvalue weighted by molar-refractivity contribution is -0.159. The average molecular weight is 393 g/mol. The van der Waals surface area contributed by atoms with E-state index in [4.69, 9.17) is 4.74 Å². The van der Waals surface area contributed by atoms with E-state index in [-0.39, 0.29) is 18.2 Å². The summed E-state index contributed by atoms with van der Waals surface area (Å²) in [6.45, 7) is 5.39. The Morgan fingerprint density at radius 1 is 1.24 bits per heavy atom. The van der Waals surface area contributed by atoms with E-state index in [0.29, 0.717) is 16.9 Å². The Labute approximate surface area is 169 Å². The molecule has 1 amide bonds. The van der Waals surface area contributed by atoms with Gasteiger partial charge >= 0.3 is 5.97 Å².